The number of hydrogen-bond donors (Lipinski definition) is 8. The van der Waals surface area contributed by atoms with Gasteiger partial charge >= 0.3 is 5.97 Å². The fourth-order valence-electron chi connectivity index (χ4n) is 2.84. The van der Waals surface area contributed by atoms with E-state index in [1.54, 1.807) is 0 Å². The molecule has 0 aromatic heterocycles. The number of nitrogens with two attached hydrogens (primary N) is 1. The van der Waals surface area contributed by atoms with Crippen LogP contribution in [0.1, 0.15) is 18.9 Å². The first-order valence-electron chi connectivity index (χ1n) is 10.4. The maximum absolute atomic E-state index is 12.6. The standard InChI is InChI=1S/C21H32N4O8S/c1-11(27)17(25-18(29)14(22)7-8-34-2)20(31)24-16(10-26)19(30)23-15(21(32)33)9-12-3-5-13(28)6-4-12/h3-6,11,14-17,26-28H,7-10,22H2,1-2H3,(H,23,30)(H,24,31)(H,25,29)(H,32,33). The zero-order chi connectivity index (χ0) is 25.8. The molecule has 1 rings (SSSR count). The maximum atomic E-state index is 12.6. The van der Waals surface area contributed by atoms with Crippen molar-refractivity contribution >= 4 is 35.5 Å². The van der Waals surface area contributed by atoms with Crippen molar-refractivity contribution in [2.24, 2.45) is 5.73 Å². The molecular formula is C21H32N4O8S. The second kappa shape index (κ2) is 14.4. The predicted octanol–water partition coefficient (Wildman–Crippen LogP) is -2.07. The molecule has 0 bridgehead atoms. The van der Waals surface area contributed by atoms with E-state index in [0.717, 1.165) is 0 Å². The Bertz CT molecular complexity index is 837. The number of carbonyl (C=O) groups is 4. The van der Waals surface area contributed by atoms with Gasteiger partial charge in [-0.05, 0) is 43.0 Å². The number of aliphatic hydroxyl groups is 2. The fourth-order valence-corrected chi connectivity index (χ4v) is 3.33. The normalized spacial score (nSPS) is 15.3. The van der Waals surface area contributed by atoms with Crippen molar-refractivity contribution in [3.05, 3.63) is 29.8 Å². The predicted molar refractivity (Wildman–Crippen MR) is 125 cm³/mol. The lowest BCUT2D eigenvalue weighted by Crippen LogP contribution is -2.60. The zero-order valence-electron chi connectivity index (χ0n) is 18.9. The van der Waals surface area contributed by atoms with E-state index in [4.69, 9.17) is 5.73 Å². The highest BCUT2D eigenvalue weighted by molar-refractivity contribution is 7.98. The number of carboxylic acid groups (broad SMARTS) is 1. The van der Waals surface area contributed by atoms with Gasteiger partial charge in [0.05, 0.1) is 18.8 Å². The van der Waals surface area contributed by atoms with Gasteiger partial charge in [-0.15, -0.1) is 0 Å². The highest BCUT2D eigenvalue weighted by atomic mass is 32.2. The quantitative estimate of drug-likeness (QED) is 0.140. The van der Waals surface area contributed by atoms with Crippen LogP contribution in [0.4, 0.5) is 0 Å². The van der Waals surface area contributed by atoms with Crippen LogP contribution < -0.4 is 21.7 Å². The molecule has 0 saturated carbocycles. The van der Waals surface area contributed by atoms with Crippen LogP contribution in [-0.4, -0.2) is 93.0 Å². The number of thioether (sulfide) groups is 1. The lowest BCUT2D eigenvalue weighted by atomic mass is 10.1. The molecule has 3 amide bonds. The second-order valence-corrected chi connectivity index (χ2v) is 8.61. The highest BCUT2D eigenvalue weighted by Gasteiger charge is 2.32. The molecule has 0 aliphatic rings. The van der Waals surface area contributed by atoms with Crippen LogP contribution in [0.2, 0.25) is 0 Å². The van der Waals surface area contributed by atoms with Gasteiger partial charge in [-0.25, -0.2) is 4.79 Å². The number of aliphatic carboxylic acids is 1. The number of hydrogen-bond acceptors (Lipinski definition) is 9. The summed E-state index contributed by atoms with van der Waals surface area (Å²) < 4.78 is 0. The second-order valence-electron chi connectivity index (χ2n) is 7.63. The third-order valence-electron chi connectivity index (χ3n) is 4.84. The van der Waals surface area contributed by atoms with Crippen LogP contribution in [0.25, 0.3) is 0 Å². The average molecular weight is 501 g/mol. The van der Waals surface area contributed by atoms with Crippen LogP contribution in [0.5, 0.6) is 5.75 Å². The molecule has 9 N–H and O–H groups in total. The molecule has 0 aliphatic heterocycles. The van der Waals surface area contributed by atoms with Gasteiger partial charge in [-0.2, -0.15) is 11.8 Å². The summed E-state index contributed by atoms with van der Waals surface area (Å²) in [7, 11) is 0. The van der Waals surface area contributed by atoms with E-state index >= 15 is 0 Å². The molecule has 5 unspecified atom stereocenters. The summed E-state index contributed by atoms with van der Waals surface area (Å²) >= 11 is 1.49. The number of benzene rings is 1. The van der Waals surface area contributed by atoms with Crippen LogP contribution in [0.15, 0.2) is 24.3 Å². The highest BCUT2D eigenvalue weighted by Crippen LogP contribution is 2.11. The molecule has 0 saturated heterocycles. The number of phenols is 1. The van der Waals surface area contributed by atoms with Crippen LogP contribution >= 0.6 is 11.8 Å². The van der Waals surface area contributed by atoms with Crippen LogP contribution in [0, 0.1) is 0 Å². The molecule has 0 fully saturated rings. The Balaban J connectivity index is 2.82. The van der Waals surface area contributed by atoms with E-state index < -0.39 is 60.6 Å². The topological polar surface area (TPSA) is 211 Å². The molecule has 34 heavy (non-hydrogen) atoms. The Hall–Kier alpha value is -2.87. The van der Waals surface area contributed by atoms with Gasteiger partial charge in [0.2, 0.25) is 17.7 Å². The lowest BCUT2D eigenvalue weighted by Gasteiger charge is -2.25. The number of nitrogens with one attached hydrogen (secondary N) is 3. The summed E-state index contributed by atoms with van der Waals surface area (Å²) in [5.74, 6) is -3.35. The van der Waals surface area contributed by atoms with Gasteiger partial charge in [0.25, 0.3) is 0 Å². The van der Waals surface area contributed by atoms with Crippen molar-refractivity contribution in [1.82, 2.24) is 16.0 Å². The Morgan fingerprint density at radius 2 is 1.59 bits per heavy atom. The van der Waals surface area contributed by atoms with Crippen molar-refractivity contribution < 1.29 is 39.6 Å². The summed E-state index contributed by atoms with van der Waals surface area (Å²) in [6, 6.07) is 0.415. The van der Waals surface area contributed by atoms with E-state index in [1.807, 2.05) is 6.26 Å². The van der Waals surface area contributed by atoms with Crippen molar-refractivity contribution in [3.63, 3.8) is 0 Å². The van der Waals surface area contributed by atoms with E-state index in [1.165, 1.54) is 43.0 Å². The number of phenolic OH excluding ortho intramolecular Hbond substituents is 1. The molecule has 0 spiro atoms. The van der Waals surface area contributed by atoms with Crippen molar-refractivity contribution in [3.8, 4) is 5.75 Å². The first-order chi connectivity index (χ1) is 16.0. The smallest absolute Gasteiger partial charge is 0.326 e. The molecule has 12 nitrogen and oxygen atoms in total. The number of amides is 3. The molecule has 1 aromatic carbocycles. The number of carbonyl (C=O) groups excluding carboxylic acids is 3. The van der Waals surface area contributed by atoms with Gasteiger partial charge in [-0.3, -0.25) is 14.4 Å². The summed E-state index contributed by atoms with van der Waals surface area (Å²) in [6.07, 6.45) is 0.727. The SMILES string of the molecule is CSCCC(N)C(=O)NC(C(=O)NC(CO)C(=O)NC(Cc1ccc(O)cc1)C(=O)O)C(C)O. The fraction of sp³-hybridized carbons (Fsp3) is 0.524. The minimum atomic E-state index is -1.54. The molecule has 0 heterocycles. The first-order valence-corrected chi connectivity index (χ1v) is 11.8. The molecule has 5 atom stereocenters. The third-order valence-corrected chi connectivity index (χ3v) is 5.48. The van der Waals surface area contributed by atoms with E-state index in [0.29, 0.717) is 17.7 Å². The molecular weight excluding hydrogens is 468 g/mol. The number of aromatic hydroxyl groups is 1. The molecule has 13 heteroatoms. The van der Waals surface area contributed by atoms with Gasteiger partial charge in [0.15, 0.2) is 0 Å². The summed E-state index contributed by atoms with van der Waals surface area (Å²) in [6.45, 7) is 0.390. The number of aliphatic hydroxyl groups excluding tert-OH is 2. The summed E-state index contributed by atoms with van der Waals surface area (Å²) in [5.41, 5.74) is 6.29. The zero-order valence-corrected chi connectivity index (χ0v) is 19.7. The molecule has 0 aliphatic carbocycles. The maximum Gasteiger partial charge on any atom is 0.326 e. The van der Waals surface area contributed by atoms with Crippen molar-refractivity contribution in [2.45, 2.75) is 50.0 Å². The Morgan fingerprint density at radius 1 is 1.00 bits per heavy atom. The largest absolute Gasteiger partial charge is 0.508 e. The van der Waals surface area contributed by atoms with E-state index in [2.05, 4.69) is 16.0 Å². The Labute approximate surface area is 201 Å². The first kappa shape index (κ1) is 29.2. The van der Waals surface area contributed by atoms with Crippen molar-refractivity contribution in [2.75, 3.05) is 18.6 Å². The summed E-state index contributed by atoms with van der Waals surface area (Å²) in [4.78, 5) is 49.0. The van der Waals surface area contributed by atoms with E-state index in [-0.39, 0.29) is 12.2 Å². The average Bonchev–Trinajstić information content (AvgIpc) is 2.79. The Kier molecular flexibility index (Phi) is 12.4. The van der Waals surface area contributed by atoms with Gasteiger partial charge < -0.3 is 42.1 Å². The van der Waals surface area contributed by atoms with Crippen LogP contribution in [0.3, 0.4) is 0 Å². The van der Waals surface area contributed by atoms with Gasteiger partial charge in [0, 0.05) is 6.42 Å². The molecule has 1 aromatic rings. The van der Waals surface area contributed by atoms with E-state index in [9.17, 15) is 39.6 Å². The van der Waals surface area contributed by atoms with Gasteiger partial charge in [-0.1, -0.05) is 12.1 Å². The van der Waals surface area contributed by atoms with Crippen LogP contribution in [-0.2, 0) is 25.6 Å². The number of carboxylic acids is 1. The van der Waals surface area contributed by atoms with Gasteiger partial charge in [0.1, 0.15) is 23.9 Å². The third kappa shape index (κ3) is 9.55. The number of rotatable bonds is 14. The minimum absolute atomic E-state index is 0.00677. The minimum Gasteiger partial charge on any atom is -0.508 e. The monoisotopic (exact) mass is 500 g/mol. The van der Waals surface area contributed by atoms with Crippen molar-refractivity contribution in [1.29, 1.82) is 0 Å². The Morgan fingerprint density at radius 3 is 2.09 bits per heavy atom. The summed E-state index contributed by atoms with van der Waals surface area (Å²) in [5, 5.41) is 45.1. The lowest BCUT2D eigenvalue weighted by molar-refractivity contribution is -0.142. The molecule has 0 radical (unpaired) electrons. The molecule has 190 valence electrons.